The van der Waals surface area contributed by atoms with Crippen molar-refractivity contribution in [1.82, 2.24) is 0 Å². The van der Waals surface area contributed by atoms with Gasteiger partial charge in [0, 0.05) is 17.8 Å². The van der Waals surface area contributed by atoms with Crippen molar-refractivity contribution < 1.29 is 23.9 Å². The molecule has 0 saturated carbocycles. The van der Waals surface area contributed by atoms with Gasteiger partial charge in [0.05, 0.1) is 12.5 Å². The first-order chi connectivity index (χ1) is 13.9. The van der Waals surface area contributed by atoms with Crippen molar-refractivity contribution >= 4 is 23.9 Å². The number of carbonyl (C=O) groups excluding carboxylic acids is 3. The van der Waals surface area contributed by atoms with E-state index in [0.717, 1.165) is 11.1 Å². The highest BCUT2D eigenvalue weighted by molar-refractivity contribution is 5.95. The molecule has 2 aromatic carbocycles. The van der Waals surface area contributed by atoms with Crippen LogP contribution >= 0.6 is 0 Å². The number of hydrogen-bond donors (Lipinski definition) is 0. The zero-order valence-electron chi connectivity index (χ0n) is 16.4. The highest BCUT2D eigenvalue weighted by Crippen LogP contribution is 2.19. The highest BCUT2D eigenvalue weighted by atomic mass is 16.6. The van der Waals surface area contributed by atoms with E-state index < -0.39 is 18.5 Å². The third-order valence-electron chi connectivity index (χ3n) is 4.00. The van der Waals surface area contributed by atoms with E-state index in [1.807, 2.05) is 38.1 Å². The van der Waals surface area contributed by atoms with Crippen LogP contribution in [0.2, 0.25) is 0 Å². The van der Waals surface area contributed by atoms with Gasteiger partial charge in [-0.05, 0) is 61.4 Å². The Labute approximate surface area is 169 Å². The lowest BCUT2D eigenvalue weighted by atomic mass is 10.1. The van der Waals surface area contributed by atoms with Crippen LogP contribution in [0.3, 0.4) is 0 Å². The number of amides is 1. The van der Waals surface area contributed by atoms with Crippen LogP contribution in [0.1, 0.15) is 27.9 Å². The number of aryl methyl sites for hydroxylation is 2. The van der Waals surface area contributed by atoms with Gasteiger partial charge in [-0.25, -0.2) is 4.79 Å². The Kier molecular flexibility index (Phi) is 7.92. The highest BCUT2D eigenvalue weighted by Gasteiger charge is 2.18. The fourth-order valence-electron chi connectivity index (χ4n) is 2.71. The fraction of sp³-hybridized carbons (Fsp3) is 0.273. The lowest BCUT2D eigenvalue weighted by Crippen LogP contribution is -2.36. The predicted molar refractivity (Wildman–Crippen MR) is 107 cm³/mol. The van der Waals surface area contributed by atoms with Crippen molar-refractivity contribution in [2.75, 3.05) is 24.7 Å². The van der Waals surface area contributed by atoms with Crippen molar-refractivity contribution in [1.29, 1.82) is 5.26 Å². The largest absolute Gasteiger partial charge is 0.482 e. The second-order valence-electron chi connectivity index (χ2n) is 6.44. The van der Waals surface area contributed by atoms with Crippen molar-refractivity contribution in [3.8, 4) is 11.8 Å². The molecule has 7 nitrogen and oxygen atoms in total. The van der Waals surface area contributed by atoms with E-state index >= 15 is 0 Å². The molecule has 1 amide bonds. The van der Waals surface area contributed by atoms with Gasteiger partial charge in [-0.2, -0.15) is 5.26 Å². The van der Waals surface area contributed by atoms with Gasteiger partial charge in [-0.3, -0.25) is 9.59 Å². The van der Waals surface area contributed by atoms with Crippen molar-refractivity contribution in [2.24, 2.45) is 0 Å². The summed E-state index contributed by atoms with van der Waals surface area (Å²) in [6.45, 7) is 3.22. The number of anilines is 1. The van der Waals surface area contributed by atoms with Crippen molar-refractivity contribution in [3.05, 3.63) is 59.2 Å². The van der Waals surface area contributed by atoms with Crippen LogP contribution in [0.4, 0.5) is 5.69 Å². The first-order valence-corrected chi connectivity index (χ1v) is 9.02. The quantitative estimate of drug-likeness (QED) is 0.479. The first kappa shape index (κ1) is 21.6. The molecule has 0 N–H and O–H groups in total. The number of ether oxygens (including phenoxy) is 2. The summed E-state index contributed by atoms with van der Waals surface area (Å²) in [4.78, 5) is 36.6. The minimum atomic E-state index is -0.696. The summed E-state index contributed by atoms with van der Waals surface area (Å²) in [5.74, 6) is -0.711. The Morgan fingerprint density at radius 1 is 1.07 bits per heavy atom. The summed E-state index contributed by atoms with van der Waals surface area (Å²) in [6.07, 6.45) is 0.865. The molecule has 0 saturated heterocycles. The van der Waals surface area contributed by atoms with Gasteiger partial charge in [0.15, 0.2) is 13.2 Å². The Balaban J connectivity index is 1.93. The topological polar surface area (TPSA) is 96.7 Å². The van der Waals surface area contributed by atoms with Crippen LogP contribution in [0.25, 0.3) is 0 Å². The third-order valence-corrected chi connectivity index (χ3v) is 4.00. The van der Waals surface area contributed by atoms with Gasteiger partial charge in [0.2, 0.25) is 0 Å². The van der Waals surface area contributed by atoms with Crippen LogP contribution in [-0.2, 0) is 14.3 Å². The molecule has 0 aliphatic carbocycles. The fourth-order valence-corrected chi connectivity index (χ4v) is 2.71. The minimum Gasteiger partial charge on any atom is -0.482 e. The summed E-state index contributed by atoms with van der Waals surface area (Å²) in [5.41, 5.74) is 3.13. The number of hydrogen-bond acceptors (Lipinski definition) is 6. The maximum Gasteiger partial charge on any atom is 0.344 e. The second-order valence-corrected chi connectivity index (χ2v) is 6.44. The zero-order valence-corrected chi connectivity index (χ0v) is 16.4. The number of rotatable bonds is 9. The lowest BCUT2D eigenvalue weighted by molar-refractivity contribution is -0.149. The molecule has 0 spiro atoms. The van der Waals surface area contributed by atoms with Crippen LogP contribution in [0, 0.1) is 25.2 Å². The molecule has 0 unspecified atom stereocenters. The Bertz CT molecular complexity index is 896. The summed E-state index contributed by atoms with van der Waals surface area (Å²) in [6, 6.07) is 13.9. The summed E-state index contributed by atoms with van der Waals surface area (Å²) in [7, 11) is 0. The van der Waals surface area contributed by atoms with E-state index in [-0.39, 0.29) is 19.6 Å². The van der Waals surface area contributed by atoms with Crippen LogP contribution in [-0.4, -0.2) is 37.9 Å². The monoisotopic (exact) mass is 394 g/mol. The third kappa shape index (κ3) is 6.78. The molecular weight excluding hydrogens is 372 g/mol. The lowest BCUT2D eigenvalue weighted by Gasteiger charge is -2.22. The predicted octanol–water partition coefficient (Wildman–Crippen LogP) is 2.98. The molecule has 0 aliphatic heterocycles. The van der Waals surface area contributed by atoms with E-state index in [0.29, 0.717) is 23.3 Å². The maximum absolute atomic E-state index is 12.6. The Morgan fingerprint density at radius 3 is 2.31 bits per heavy atom. The first-order valence-electron chi connectivity index (χ1n) is 9.02. The normalized spacial score (nSPS) is 9.97. The van der Waals surface area contributed by atoms with Gasteiger partial charge < -0.3 is 14.4 Å². The number of aldehydes is 1. The molecule has 0 aliphatic rings. The molecule has 0 bridgehead atoms. The van der Waals surface area contributed by atoms with E-state index in [1.54, 1.807) is 24.3 Å². The van der Waals surface area contributed by atoms with Crippen LogP contribution in [0.15, 0.2) is 42.5 Å². The number of carbonyl (C=O) groups is 3. The van der Waals surface area contributed by atoms with Gasteiger partial charge in [0.25, 0.3) is 5.91 Å². The van der Waals surface area contributed by atoms with Crippen LogP contribution < -0.4 is 9.64 Å². The molecule has 2 rings (SSSR count). The number of nitriles is 1. The molecule has 7 heteroatoms. The average Bonchev–Trinajstić information content (AvgIpc) is 2.70. The molecule has 2 aromatic rings. The van der Waals surface area contributed by atoms with Gasteiger partial charge in [0.1, 0.15) is 12.0 Å². The van der Waals surface area contributed by atoms with Crippen molar-refractivity contribution in [3.63, 3.8) is 0 Å². The minimum absolute atomic E-state index is 0.159. The molecule has 0 heterocycles. The van der Waals surface area contributed by atoms with Crippen molar-refractivity contribution in [2.45, 2.75) is 20.3 Å². The smallest absolute Gasteiger partial charge is 0.344 e. The number of nitrogens with zero attached hydrogens (tertiary/aromatic N) is 2. The molecule has 0 atom stereocenters. The van der Waals surface area contributed by atoms with Gasteiger partial charge in [-0.1, -0.05) is 6.07 Å². The maximum atomic E-state index is 12.6. The summed E-state index contributed by atoms with van der Waals surface area (Å²) < 4.78 is 10.3. The summed E-state index contributed by atoms with van der Waals surface area (Å²) >= 11 is 0. The van der Waals surface area contributed by atoms with E-state index in [1.165, 1.54) is 4.90 Å². The molecular formula is C22H22N2O5. The Morgan fingerprint density at radius 2 is 1.72 bits per heavy atom. The Hall–Kier alpha value is -3.66. The molecule has 0 aromatic heterocycles. The summed E-state index contributed by atoms with van der Waals surface area (Å²) in [5, 5.41) is 8.87. The second kappa shape index (κ2) is 10.6. The average molecular weight is 394 g/mol. The number of esters is 1. The molecule has 0 radical (unpaired) electrons. The van der Waals surface area contributed by atoms with E-state index in [2.05, 4.69) is 0 Å². The van der Waals surface area contributed by atoms with Crippen LogP contribution in [0.5, 0.6) is 5.75 Å². The molecule has 0 fully saturated rings. The molecule has 150 valence electrons. The standard InChI is InChI=1S/C22H22N2O5/c1-16-10-17(2)12-19(11-16)24(9-3-8-23)21(26)14-29-22(27)15-28-20-6-4-18(13-25)5-7-20/h4-7,10-13H,3,9,14-15H2,1-2H3. The SMILES string of the molecule is Cc1cc(C)cc(N(CCC#N)C(=O)COC(=O)COc2ccc(C=O)cc2)c1. The van der Waals surface area contributed by atoms with E-state index in [9.17, 15) is 14.4 Å². The zero-order chi connectivity index (χ0) is 21.2. The molecule has 29 heavy (non-hydrogen) atoms. The number of benzene rings is 2. The van der Waals surface area contributed by atoms with E-state index in [4.69, 9.17) is 14.7 Å². The van der Waals surface area contributed by atoms with Gasteiger partial charge >= 0.3 is 5.97 Å². The van der Waals surface area contributed by atoms with Gasteiger partial charge in [-0.15, -0.1) is 0 Å².